The molecule has 26 heavy (non-hydrogen) atoms. The van der Waals surface area contributed by atoms with Crippen LogP contribution in [-0.2, 0) is 0 Å². The van der Waals surface area contributed by atoms with Crippen LogP contribution < -0.4 is 0 Å². The maximum Gasteiger partial charge on any atom is -0.0149 e. The Morgan fingerprint density at radius 2 is 1.58 bits per heavy atom. The van der Waals surface area contributed by atoms with Crippen molar-refractivity contribution in [3.63, 3.8) is 0 Å². The molecule has 4 saturated carbocycles. The van der Waals surface area contributed by atoms with Crippen molar-refractivity contribution in [1.29, 1.82) is 0 Å². The van der Waals surface area contributed by atoms with Gasteiger partial charge in [-0.3, -0.25) is 0 Å². The van der Waals surface area contributed by atoms with E-state index in [9.17, 15) is 0 Å². The summed E-state index contributed by atoms with van der Waals surface area (Å²) in [6, 6.07) is 0. The molecule has 0 N–H and O–H groups in total. The van der Waals surface area contributed by atoms with Crippen molar-refractivity contribution in [3.8, 4) is 0 Å². The first kappa shape index (κ1) is 19.1. The Kier molecular flexibility index (Phi) is 4.89. The van der Waals surface area contributed by atoms with Gasteiger partial charge in [-0.15, -0.1) is 0 Å². The summed E-state index contributed by atoms with van der Waals surface area (Å²) in [6.45, 7) is 15.3. The average Bonchev–Trinajstić information content (AvgIpc) is 2.94. The molecular formula is C26H44. The SMILES string of the molecule is CC/C=C(\C)C1CCC2C3CC(C)C4CC(C)CCC4(C)C3CCC12C. The van der Waals surface area contributed by atoms with Crippen molar-refractivity contribution in [2.75, 3.05) is 0 Å². The number of allylic oxidation sites excluding steroid dienone is 2. The molecule has 0 amide bonds. The molecule has 0 saturated heterocycles. The average molecular weight is 357 g/mol. The summed E-state index contributed by atoms with van der Waals surface area (Å²) < 4.78 is 0. The van der Waals surface area contributed by atoms with E-state index >= 15 is 0 Å². The molecule has 0 heteroatoms. The van der Waals surface area contributed by atoms with E-state index < -0.39 is 0 Å². The molecule has 4 fully saturated rings. The van der Waals surface area contributed by atoms with Crippen LogP contribution in [0.4, 0.5) is 0 Å². The standard InChI is InChI=1S/C26H44/c1-7-8-18(3)21-9-10-22-20-16-19(4)24-15-17(2)11-13-26(24,6)23(20)12-14-25(21,22)5/h8,17,19-24H,7,9-16H2,1-6H3/b18-8+. The van der Waals surface area contributed by atoms with E-state index in [1.807, 2.05) is 0 Å². The second-order valence-electron chi connectivity index (χ2n) is 11.6. The Morgan fingerprint density at radius 3 is 2.31 bits per heavy atom. The van der Waals surface area contributed by atoms with Gasteiger partial charge in [0.1, 0.15) is 0 Å². The van der Waals surface area contributed by atoms with Crippen LogP contribution in [0.3, 0.4) is 0 Å². The third kappa shape index (κ3) is 2.68. The minimum atomic E-state index is 0.599. The second kappa shape index (κ2) is 6.66. The fourth-order valence-electron chi connectivity index (χ4n) is 9.15. The summed E-state index contributed by atoms with van der Waals surface area (Å²) in [5.41, 5.74) is 2.97. The third-order valence-electron chi connectivity index (χ3n) is 10.4. The van der Waals surface area contributed by atoms with Crippen LogP contribution in [-0.4, -0.2) is 0 Å². The Bertz CT molecular complexity index is 558. The first-order chi connectivity index (χ1) is 12.3. The maximum absolute atomic E-state index is 2.73. The van der Waals surface area contributed by atoms with E-state index in [1.165, 1.54) is 51.4 Å². The predicted molar refractivity (Wildman–Crippen MR) is 113 cm³/mol. The maximum atomic E-state index is 2.73. The number of hydrogen-bond donors (Lipinski definition) is 0. The highest BCUT2D eigenvalue weighted by atomic mass is 14.7. The Morgan fingerprint density at radius 1 is 0.885 bits per heavy atom. The van der Waals surface area contributed by atoms with Crippen LogP contribution in [0.1, 0.15) is 99.3 Å². The van der Waals surface area contributed by atoms with Crippen molar-refractivity contribution >= 4 is 0 Å². The van der Waals surface area contributed by atoms with Gasteiger partial charge in [0.25, 0.3) is 0 Å². The summed E-state index contributed by atoms with van der Waals surface area (Å²) in [4.78, 5) is 0. The van der Waals surface area contributed by atoms with Gasteiger partial charge in [0.2, 0.25) is 0 Å². The van der Waals surface area contributed by atoms with Gasteiger partial charge >= 0.3 is 0 Å². The van der Waals surface area contributed by atoms with E-state index in [2.05, 4.69) is 47.6 Å². The van der Waals surface area contributed by atoms with E-state index in [0.29, 0.717) is 10.8 Å². The summed E-state index contributed by atoms with van der Waals surface area (Å²) in [7, 11) is 0. The summed E-state index contributed by atoms with van der Waals surface area (Å²) >= 11 is 0. The molecule has 0 spiro atoms. The van der Waals surface area contributed by atoms with Gasteiger partial charge in [-0.1, -0.05) is 52.7 Å². The van der Waals surface area contributed by atoms with Crippen molar-refractivity contribution in [3.05, 3.63) is 11.6 Å². The Hall–Kier alpha value is -0.260. The predicted octanol–water partition coefficient (Wildman–Crippen LogP) is 7.88. The highest BCUT2D eigenvalue weighted by Crippen LogP contribution is 2.69. The summed E-state index contributed by atoms with van der Waals surface area (Å²) in [5, 5.41) is 0. The van der Waals surface area contributed by atoms with Crippen LogP contribution in [0.5, 0.6) is 0 Å². The summed E-state index contributed by atoms with van der Waals surface area (Å²) in [6.07, 6.45) is 15.8. The minimum absolute atomic E-state index is 0.599. The van der Waals surface area contributed by atoms with Crippen molar-refractivity contribution in [1.82, 2.24) is 0 Å². The zero-order valence-electron chi connectivity index (χ0n) is 18.5. The molecule has 0 radical (unpaired) electrons. The molecule has 0 aromatic heterocycles. The van der Waals surface area contributed by atoms with E-state index in [1.54, 1.807) is 12.0 Å². The monoisotopic (exact) mass is 356 g/mol. The Balaban J connectivity index is 1.63. The topological polar surface area (TPSA) is 0 Å². The largest absolute Gasteiger partial charge is 0.0856 e. The van der Waals surface area contributed by atoms with Gasteiger partial charge < -0.3 is 0 Å². The van der Waals surface area contributed by atoms with Gasteiger partial charge in [0.05, 0.1) is 0 Å². The quantitative estimate of drug-likeness (QED) is 0.441. The molecule has 4 rings (SSSR count). The van der Waals surface area contributed by atoms with E-state index in [0.717, 1.165) is 41.4 Å². The second-order valence-corrected chi connectivity index (χ2v) is 11.6. The highest BCUT2D eigenvalue weighted by Gasteiger charge is 2.61. The lowest BCUT2D eigenvalue weighted by atomic mass is 9.42. The van der Waals surface area contributed by atoms with Crippen molar-refractivity contribution in [2.45, 2.75) is 99.3 Å². The van der Waals surface area contributed by atoms with E-state index in [4.69, 9.17) is 0 Å². The molecule has 0 nitrogen and oxygen atoms in total. The van der Waals surface area contributed by atoms with Crippen LogP contribution in [0.25, 0.3) is 0 Å². The molecule has 9 atom stereocenters. The fraction of sp³-hybridized carbons (Fsp3) is 0.923. The molecule has 0 heterocycles. The highest BCUT2D eigenvalue weighted by molar-refractivity contribution is 5.17. The molecule has 148 valence electrons. The lowest BCUT2D eigenvalue weighted by molar-refractivity contribution is -0.136. The lowest BCUT2D eigenvalue weighted by Crippen LogP contribution is -2.55. The van der Waals surface area contributed by atoms with Crippen LogP contribution in [0.15, 0.2) is 11.6 Å². The Labute approximate surface area is 163 Å². The third-order valence-corrected chi connectivity index (χ3v) is 10.4. The fourth-order valence-corrected chi connectivity index (χ4v) is 9.15. The first-order valence-electron chi connectivity index (χ1n) is 12.0. The molecule has 0 aromatic rings. The lowest BCUT2D eigenvalue weighted by Gasteiger charge is -2.63. The summed E-state index contributed by atoms with van der Waals surface area (Å²) in [5.74, 6) is 6.88. The van der Waals surface area contributed by atoms with Gasteiger partial charge in [-0.2, -0.15) is 0 Å². The van der Waals surface area contributed by atoms with Gasteiger partial charge in [0.15, 0.2) is 0 Å². The number of hydrogen-bond acceptors (Lipinski definition) is 0. The molecule has 0 aromatic carbocycles. The molecule has 4 aliphatic rings. The molecular weight excluding hydrogens is 312 g/mol. The van der Waals surface area contributed by atoms with Gasteiger partial charge in [-0.05, 0) is 111 Å². The van der Waals surface area contributed by atoms with Crippen LogP contribution in [0.2, 0.25) is 0 Å². The zero-order valence-corrected chi connectivity index (χ0v) is 18.5. The smallest absolute Gasteiger partial charge is 0.0149 e. The normalized spacial score (nSPS) is 54.4. The van der Waals surface area contributed by atoms with Crippen molar-refractivity contribution < 1.29 is 0 Å². The molecule has 9 unspecified atom stereocenters. The molecule has 4 aliphatic carbocycles. The van der Waals surface area contributed by atoms with E-state index in [-0.39, 0.29) is 0 Å². The minimum Gasteiger partial charge on any atom is -0.0856 e. The van der Waals surface area contributed by atoms with Crippen molar-refractivity contribution in [2.24, 2.45) is 52.3 Å². The van der Waals surface area contributed by atoms with Crippen LogP contribution in [0, 0.1) is 52.3 Å². The molecule has 0 aliphatic heterocycles. The van der Waals surface area contributed by atoms with Gasteiger partial charge in [0, 0.05) is 0 Å². The van der Waals surface area contributed by atoms with Gasteiger partial charge in [-0.25, -0.2) is 0 Å². The first-order valence-corrected chi connectivity index (χ1v) is 12.0. The van der Waals surface area contributed by atoms with Crippen LogP contribution >= 0.6 is 0 Å². The molecule has 0 bridgehead atoms. The number of rotatable bonds is 2. The number of fused-ring (bicyclic) bond motifs is 5. The zero-order chi connectivity index (χ0) is 18.7.